The van der Waals surface area contributed by atoms with Crippen molar-refractivity contribution in [2.45, 2.75) is 6.54 Å². The lowest BCUT2D eigenvalue weighted by Crippen LogP contribution is -2.08. The van der Waals surface area contributed by atoms with E-state index in [1.165, 1.54) is 18.5 Å². The first kappa shape index (κ1) is 17.8. The van der Waals surface area contributed by atoms with Gasteiger partial charge in [-0.3, -0.25) is 0 Å². The van der Waals surface area contributed by atoms with Crippen molar-refractivity contribution < 1.29 is 9.13 Å². The molecule has 4 N–H and O–H groups in total. The number of hydrogen-bond acceptors (Lipinski definition) is 6. The Kier molecular flexibility index (Phi) is 5.38. The summed E-state index contributed by atoms with van der Waals surface area (Å²) in [5, 5.41) is 6.19. The summed E-state index contributed by atoms with van der Waals surface area (Å²) in [7, 11) is 1.62. The predicted octanol–water partition coefficient (Wildman–Crippen LogP) is 4.22. The zero-order valence-corrected chi connectivity index (χ0v) is 14.7. The first-order valence-corrected chi connectivity index (χ1v) is 8.14. The average Bonchev–Trinajstić information content (AvgIpc) is 2.66. The maximum atomic E-state index is 13.3. The van der Waals surface area contributed by atoms with E-state index >= 15 is 0 Å². The van der Waals surface area contributed by atoms with Gasteiger partial charge in [0.25, 0.3) is 0 Å². The molecule has 26 heavy (non-hydrogen) atoms. The van der Waals surface area contributed by atoms with E-state index in [-0.39, 0.29) is 5.02 Å². The van der Waals surface area contributed by atoms with Gasteiger partial charge >= 0.3 is 0 Å². The summed E-state index contributed by atoms with van der Waals surface area (Å²) < 4.78 is 18.4. The van der Waals surface area contributed by atoms with Crippen LogP contribution in [0.4, 0.5) is 27.4 Å². The number of methoxy groups -OCH3 is 1. The van der Waals surface area contributed by atoms with Crippen LogP contribution in [-0.4, -0.2) is 17.1 Å². The van der Waals surface area contributed by atoms with E-state index in [0.29, 0.717) is 29.6 Å². The highest BCUT2D eigenvalue weighted by Gasteiger charge is 2.09. The maximum Gasteiger partial charge on any atom is 0.159 e. The number of ether oxygens (including phenoxy) is 1. The van der Waals surface area contributed by atoms with Crippen LogP contribution in [0.5, 0.6) is 5.75 Å². The van der Waals surface area contributed by atoms with Gasteiger partial charge in [0.15, 0.2) is 11.6 Å². The van der Waals surface area contributed by atoms with Crippen molar-refractivity contribution in [1.29, 1.82) is 0 Å². The molecule has 3 aromatic rings. The predicted molar refractivity (Wildman–Crippen MR) is 101 cm³/mol. The minimum atomic E-state index is -0.491. The highest BCUT2D eigenvalue weighted by atomic mass is 35.5. The number of nitrogens with two attached hydrogens (primary N) is 1. The number of nitrogens with zero attached hydrogens (tertiary/aromatic N) is 2. The Bertz CT molecular complexity index is 905. The van der Waals surface area contributed by atoms with Crippen LogP contribution in [0.1, 0.15) is 5.56 Å². The summed E-state index contributed by atoms with van der Waals surface area (Å²) in [4.78, 5) is 8.29. The Hall–Kier alpha value is -3.06. The zero-order chi connectivity index (χ0) is 18.5. The molecule has 134 valence electrons. The summed E-state index contributed by atoms with van der Waals surface area (Å²) in [6.45, 7) is 0.535. The molecule has 3 rings (SSSR count). The van der Waals surface area contributed by atoms with Gasteiger partial charge in [-0.25, -0.2) is 14.4 Å². The van der Waals surface area contributed by atoms with Gasteiger partial charge in [0.2, 0.25) is 0 Å². The normalized spacial score (nSPS) is 10.4. The van der Waals surface area contributed by atoms with Crippen LogP contribution in [0, 0.1) is 5.82 Å². The molecule has 0 saturated heterocycles. The van der Waals surface area contributed by atoms with Crippen molar-refractivity contribution in [3.05, 3.63) is 65.2 Å². The molecule has 0 aliphatic rings. The third-order valence-electron chi connectivity index (χ3n) is 3.69. The molecule has 8 heteroatoms. The first-order valence-electron chi connectivity index (χ1n) is 7.76. The van der Waals surface area contributed by atoms with E-state index in [9.17, 15) is 4.39 Å². The van der Waals surface area contributed by atoms with Crippen molar-refractivity contribution in [3.8, 4) is 5.75 Å². The van der Waals surface area contributed by atoms with E-state index in [2.05, 4.69) is 20.6 Å². The first-order chi connectivity index (χ1) is 12.6. The number of rotatable bonds is 6. The van der Waals surface area contributed by atoms with E-state index in [4.69, 9.17) is 22.1 Å². The van der Waals surface area contributed by atoms with Gasteiger partial charge in [0.1, 0.15) is 23.6 Å². The highest BCUT2D eigenvalue weighted by molar-refractivity contribution is 6.31. The molecule has 0 radical (unpaired) electrons. The smallest absolute Gasteiger partial charge is 0.159 e. The van der Waals surface area contributed by atoms with Crippen LogP contribution in [0.15, 0.2) is 48.8 Å². The molecule has 0 atom stereocenters. The SMILES string of the molecule is COc1ccc(CNc2ncnc(Nc3ccc(F)c(Cl)c3)c2N)cc1. The molecule has 1 heterocycles. The van der Waals surface area contributed by atoms with E-state index < -0.39 is 5.82 Å². The van der Waals surface area contributed by atoms with Crippen molar-refractivity contribution in [3.63, 3.8) is 0 Å². The molecular weight excluding hydrogens is 357 g/mol. The molecule has 0 spiro atoms. The Morgan fingerprint density at radius 3 is 2.54 bits per heavy atom. The largest absolute Gasteiger partial charge is 0.497 e. The number of hydrogen-bond donors (Lipinski definition) is 3. The maximum absolute atomic E-state index is 13.3. The van der Waals surface area contributed by atoms with Gasteiger partial charge in [-0.15, -0.1) is 0 Å². The van der Waals surface area contributed by atoms with Gasteiger partial charge in [-0.2, -0.15) is 0 Å². The standard InChI is InChI=1S/C18H17ClFN5O/c1-26-13-5-2-11(3-6-13)9-22-17-16(21)18(24-10-23-17)25-12-4-7-15(20)14(19)8-12/h2-8,10H,9,21H2,1H3,(H2,22,23,24,25). The summed E-state index contributed by atoms with van der Waals surface area (Å²) in [5.41, 5.74) is 8.10. The molecule has 0 saturated carbocycles. The molecule has 0 aliphatic carbocycles. The minimum Gasteiger partial charge on any atom is -0.497 e. The molecule has 1 aromatic heterocycles. The fourth-order valence-corrected chi connectivity index (χ4v) is 2.46. The van der Waals surface area contributed by atoms with Gasteiger partial charge in [-0.1, -0.05) is 23.7 Å². The third kappa shape index (κ3) is 4.12. The molecule has 0 aliphatic heterocycles. The van der Waals surface area contributed by atoms with Crippen molar-refractivity contribution >= 4 is 34.6 Å². The van der Waals surface area contributed by atoms with Crippen LogP contribution in [0.25, 0.3) is 0 Å². The van der Waals surface area contributed by atoms with Gasteiger partial charge in [0, 0.05) is 12.2 Å². The number of benzene rings is 2. The summed E-state index contributed by atoms with van der Waals surface area (Å²) >= 11 is 5.79. The third-order valence-corrected chi connectivity index (χ3v) is 3.97. The van der Waals surface area contributed by atoms with Crippen LogP contribution in [0.3, 0.4) is 0 Å². The number of anilines is 4. The minimum absolute atomic E-state index is 0.0143. The monoisotopic (exact) mass is 373 g/mol. The van der Waals surface area contributed by atoms with Crippen LogP contribution in [-0.2, 0) is 6.54 Å². The summed E-state index contributed by atoms with van der Waals surface area (Å²) in [5.74, 6) is 1.20. The lowest BCUT2D eigenvalue weighted by molar-refractivity contribution is 0.414. The van der Waals surface area contributed by atoms with E-state index in [1.807, 2.05) is 24.3 Å². The van der Waals surface area contributed by atoms with Crippen molar-refractivity contribution in [2.24, 2.45) is 0 Å². The Morgan fingerprint density at radius 1 is 1.12 bits per heavy atom. The van der Waals surface area contributed by atoms with Crippen LogP contribution >= 0.6 is 11.6 Å². The number of aromatic nitrogens is 2. The number of halogens is 2. The lowest BCUT2D eigenvalue weighted by atomic mass is 10.2. The molecular formula is C18H17ClFN5O. The van der Waals surface area contributed by atoms with Crippen LogP contribution in [0.2, 0.25) is 5.02 Å². The zero-order valence-electron chi connectivity index (χ0n) is 14.0. The fraction of sp³-hybridized carbons (Fsp3) is 0.111. The molecule has 0 bridgehead atoms. The number of nitrogens with one attached hydrogen (secondary N) is 2. The number of nitrogen functional groups attached to an aromatic ring is 1. The fourth-order valence-electron chi connectivity index (χ4n) is 2.28. The Balaban J connectivity index is 1.72. The van der Waals surface area contributed by atoms with Crippen molar-refractivity contribution in [2.75, 3.05) is 23.5 Å². The molecule has 2 aromatic carbocycles. The van der Waals surface area contributed by atoms with Gasteiger partial charge in [0.05, 0.1) is 12.1 Å². The summed E-state index contributed by atoms with van der Waals surface area (Å²) in [6.07, 6.45) is 1.39. The molecule has 0 amide bonds. The molecule has 0 unspecified atom stereocenters. The second kappa shape index (κ2) is 7.88. The van der Waals surface area contributed by atoms with Gasteiger partial charge in [-0.05, 0) is 35.9 Å². The molecule has 0 fully saturated rings. The van der Waals surface area contributed by atoms with E-state index in [0.717, 1.165) is 11.3 Å². The molecule has 6 nitrogen and oxygen atoms in total. The lowest BCUT2D eigenvalue weighted by Gasteiger charge is -2.13. The quantitative estimate of drug-likeness (QED) is 0.600. The second-order valence-electron chi connectivity index (χ2n) is 5.44. The Morgan fingerprint density at radius 2 is 1.85 bits per heavy atom. The topological polar surface area (TPSA) is 85.1 Å². The van der Waals surface area contributed by atoms with Crippen LogP contribution < -0.4 is 21.1 Å². The van der Waals surface area contributed by atoms with Gasteiger partial charge < -0.3 is 21.1 Å². The second-order valence-corrected chi connectivity index (χ2v) is 5.85. The highest BCUT2D eigenvalue weighted by Crippen LogP contribution is 2.28. The van der Waals surface area contributed by atoms with Crippen molar-refractivity contribution in [1.82, 2.24) is 9.97 Å². The average molecular weight is 374 g/mol. The Labute approximate surface area is 155 Å². The van der Waals surface area contributed by atoms with E-state index in [1.54, 1.807) is 13.2 Å². The summed E-state index contributed by atoms with van der Waals surface area (Å²) in [6, 6.07) is 11.9.